The molecular weight excluding hydrogens is 176 g/mol. The molecule has 3 nitrogen and oxygen atoms in total. The Morgan fingerprint density at radius 2 is 2.07 bits per heavy atom. The van der Waals surface area contributed by atoms with E-state index in [1.54, 1.807) is 20.2 Å². The van der Waals surface area contributed by atoms with Crippen LogP contribution in [0, 0.1) is 6.92 Å². The molecule has 1 aromatic carbocycles. The Kier molecular flexibility index (Phi) is 1.86. The molecule has 0 saturated carbocycles. The van der Waals surface area contributed by atoms with Crippen LogP contribution in [0.2, 0.25) is 0 Å². The molecule has 0 aliphatic rings. The number of hydrogen-bond acceptors (Lipinski definition) is 2. The predicted octanol–water partition coefficient (Wildman–Crippen LogP) is 2.10. The van der Waals surface area contributed by atoms with E-state index in [2.05, 4.69) is 9.97 Å². The SMILES string of the molecule is Cc1c(C(C)(C)O)ccc2[nH]cnc12. The van der Waals surface area contributed by atoms with Crippen LogP contribution in [0.15, 0.2) is 18.5 Å². The predicted molar refractivity (Wildman–Crippen MR) is 56.1 cm³/mol. The molecule has 0 aliphatic carbocycles. The number of aryl methyl sites for hydroxylation is 1. The summed E-state index contributed by atoms with van der Waals surface area (Å²) in [4.78, 5) is 7.27. The monoisotopic (exact) mass is 190 g/mol. The molecule has 2 aromatic rings. The first-order valence-electron chi connectivity index (χ1n) is 4.65. The minimum Gasteiger partial charge on any atom is -0.386 e. The first-order chi connectivity index (χ1) is 6.50. The van der Waals surface area contributed by atoms with Gasteiger partial charge >= 0.3 is 0 Å². The van der Waals surface area contributed by atoms with E-state index in [4.69, 9.17) is 0 Å². The average Bonchev–Trinajstić information content (AvgIpc) is 2.50. The Morgan fingerprint density at radius 3 is 2.71 bits per heavy atom. The lowest BCUT2D eigenvalue weighted by atomic mass is 9.93. The lowest BCUT2D eigenvalue weighted by molar-refractivity contribution is 0.0781. The quantitative estimate of drug-likeness (QED) is 0.723. The van der Waals surface area contributed by atoms with Crippen molar-refractivity contribution in [2.24, 2.45) is 0 Å². The summed E-state index contributed by atoms with van der Waals surface area (Å²) in [5, 5.41) is 9.93. The van der Waals surface area contributed by atoms with Crippen LogP contribution in [0.4, 0.5) is 0 Å². The van der Waals surface area contributed by atoms with E-state index in [-0.39, 0.29) is 0 Å². The standard InChI is InChI=1S/C11H14N2O/c1-7-8(11(2,3)14)4-5-9-10(7)13-6-12-9/h4-6,14H,1-3H3,(H,12,13). The van der Waals surface area contributed by atoms with Gasteiger partial charge in [0.2, 0.25) is 0 Å². The summed E-state index contributed by atoms with van der Waals surface area (Å²) in [6.07, 6.45) is 1.67. The maximum Gasteiger partial charge on any atom is 0.0931 e. The topological polar surface area (TPSA) is 48.9 Å². The number of aromatic nitrogens is 2. The van der Waals surface area contributed by atoms with E-state index in [1.807, 2.05) is 19.1 Å². The summed E-state index contributed by atoms with van der Waals surface area (Å²) < 4.78 is 0. The zero-order chi connectivity index (χ0) is 10.3. The second kappa shape index (κ2) is 2.82. The van der Waals surface area contributed by atoms with Crippen molar-refractivity contribution < 1.29 is 5.11 Å². The molecule has 0 fully saturated rings. The number of benzene rings is 1. The summed E-state index contributed by atoms with van der Waals surface area (Å²) in [6, 6.07) is 3.89. The van der Waals surface area contributed by atoms with Crippen molar-refractivity contribution in [1.82, 2.24) is 9.97 Å². The van der Waals surface area contributed by atoms with Gasteiger partial charge in [0.25, 0.3) is 0 Å². The van der Waals surface area contributed by atoms with E-state index in [1.165, 1.54) is 0 Å². The third-order valence-electron chi connectivity index (χ3n) is 2.50. The molecule has 0 saturated heterocycles. The van der Waals surface area contributed by atoms with Gasteiger partial charge in [-0.1, -0.05) is 6.07 Å². The van der Waals surface area contributed by atoms with Crippen molar-refractivity contribution in [2.45, 2.75) is 26.4 Å². The molecule has 2 N–H and O–H groups in total. The molecule has 1 heterocycles. The minimum atomic E-state index is -0.808. The molecule has 2 rings (SSSR count). The van der Waals surface area contributed by atoms with Crippen molar-refractivity contribution in [3.8, 4) is 0 Å². The number of H-pyrrole nitrogens is 1. The molecule has 0 radical (unpaired) electrons. The molecule has 1 aromatic heterocycles. The van der Waals surface area contributed by atoms with Crippen LogP contribution in [-0.4, -0.2) is 15.1 Å². The number of nitrogens with one attached hydrogen (secondary N) is 1. The maximum absolute atomic E-state index is 9.93. The smallest absolute Gasteiger partial charge is 0.0931 e. The van der Waals surface area contributed by atoms with Crippen LogP contribution in [0.5, 0.6) is 0 Å². The molecule has 0 unspecified atom stereocenters. The van der Waals surface area contributed by atoms with Gasteiger partial charge in [0, 0.05) is 0 Å². The molecule has 0 amide bonds. The zero-order valence-corrected chi connectivity index (χ0v) is 8.63. The molecular formula is C11H14N2O. The van der Waals surface area contributed by atoms with E-state index in [9.17, 15) is 5.11 Å². The maximum atomic E-state index is 9.93. The fourth-order valence-corrected chi connectivity index (χ4v) is 1.81. The summed E-state index contributed by atoms with van der Waals surface area (Å²) in [5.74, 6) is 0. The highest BCUT2D eigenvalue weighted by Gasteiger charge is 2.19. The Labute approximate surface area is 82.8 Å². The Morgan fingerprint density at radius 1 is 1.36 bits per heavy atom. The molecule has 3 heteroatoms. The Bertz CT molecular complexity index is 466. The number of hydrogen-bond donors (Lipinski definition) is 2. The Balaban J connectivity index is 2.74. The number of aromatic amines is 1. The third-order valence-corrected chi connectivity index (χ3v) is 2.50. The largest absolute Gasteiger partial charge is 0.386 e. The number of fused-ring (bicyclic) bond motifs is 1. The van der Waals surface area contributed by atoms with Crippen molar-refractivity contribution in [3.63, 3.8) is 0 Å². The highest BCUT2D eigenvalue weighted by atomic mass is 16.3. The summed E-state index contributed by atoms with van der Waals surface area (Å²) in [5.41, 5.74) is 3.10. The Hall–Kier alpha value is -1.35. The second-order valence-electron chi connectivity index (χ2n) is 4.10. The lowest BCUT2D eigenvalue weighted by Crippen LogP contribution is -2.17. The van der Waals surface area contributed by atoms with E-state index < -0.39 is 5.60 Å². The third kappa shape index (κ3) is 1.30. The van der Waals surface area contributed by atoms with Gasteiger partial charge in [-0.3, -0.25) is 0 Å². The number of nitrogens with zero attached hydrogens (tertiary/aromatic N) is 1. The summed E-state index contributed by atoms with van der Waals surface area (Å²) in [6.45, 7) is 5.55. The molecule has 74 valence electrons. The van der Waals surface area contributed by atoms with Crippen molar-refractivity contribution in [2.75, 3.05) is 0 Å². The first-order valence-corrected chi connectivity index (χ1v) is 4.65. The van der Waals surface area contributed by atoms with Crippen LogP contribution < -0.4 is 0 Å². The second-order valence-corrected chi connectivity index (χ2v) is 4.10. The van der Waals surface area contributed by atoms with Crippen LogP contribution >= 0.6 is 0 Å². The molecule has 0 atom stereocenters. The number of rotatable bonds is 1. The van der Waals surface area contributed by atoms with Crippen molar-refractivity contribution in [1.29, 1.82) is 0 Å². The fourth-order valence-electron chi connectivity index (χ4n) is 1.81. The highest BCUT2D eigenvalue weighted by molar-refractivity contribution is 5.79. The van der Waals surface area contributed by atoms with Crippen molar-refractivity contribution in [3.05, 3.63) is 29.6 Å². The van der Waals surface area contributed by atoms with Crippen LogP contribution in [0.1, 0.15) is 25.0 Å². The van der Waals surface area contributed by atoms with Gasteiger partial charge in [-0.15, -0.1) is 0 Å². The van der Waals surface area contributed by atoms with Crippen LogP contribution in [-0.2, 0) is 5.60 Å². The average molecular weight is 190 g/mol. The van der Waals surface area contributed by atoms with Crippen LogP contribution in [0.3, 0.4) is 0 Å². The first kappa shape index (κ1) is 9.21. The van der Waals surface area contributed by atoms with Gasteiger partial charge in [0.1, 0.15) is 0 Å². The molecule has 0 aliphatic heterocycles. The lowest BCUT2D eigenvalue weighted by Gasteiger charge is -2.20. The number of imidazole rings is 1. The van der Waals surface area contributed by atoms with Gasteiger partial charge < -0.3 is 10.1 Å². The van der Waals surface area contributed by atoms with Gasteiger partial charge in [-0.2, -0.15) is 0 Å². The van der Waals surface area contributed by atoms with Gasteiger partial charge in [0.05, 0.1) is 23.0 Å². The van der Waals surface area contributed by atoms with E-state index in [0.717, 1.165) is 22.2 Å². The van der Waals surface area contributed by atoms with Gasteiger partial charge in [0.15, 0.2) is 0 Å². The van der Waals surface area contributed by atoms with Crippen molar-refractivity contribution >= 4 is 11.0 Å². The molecule has 0 bridgehead atoms. The summed E-state index contributed by atoms with van der Waals surface area (Å²) in [7, 11) is 0. The minimum absolute atomic E-state index is 0.808. The highest BCUT2D eigenvalue weighted by Crippen LogP contribution is 2.27. The normalized spacial score (nSPS) is 12.3. The summed E-state index contributed by atoms with van der Waals surface area (Å²) >= 11 is 0. The fraction of sp³-hybridized carbons (Fsp3) is 0.364. The van der Waals surface area contributed by atoms with E-state index in [0.29, 0.717) is 0 Å². The van der Waals surface area contributed by atoms with E-state index >= 15 is 0 Å². The van der Waals surface area contributed by atoms with Crippen LogP contribution in [0.25, 0.3) is 11.0 Å². The van der Waals surface area contributed by atoms with Gasteiger partial charge in [-0.05, 0) is 38.0 Å². The number of aliphatic hydroxyl groups is 1. The molecule has 14 heavy (non-hydrogen) atoms. The van der Waals surface area contributed by atoms with Gasteiger partial charge in [-0.25, -0.2) is 4.98 Å². The zero-order valence-electron chi connectivity index (χ0n) is 8.63. The molecule has 0 spiro atoms.